The number of rotatable bonds is 7. The number of carbonyl (C=O) groups is 1. The van der Waals surface area contributed by atoms with Gasteiger partial charge in [-0.1, -0.05) is 23.4 Å². The molecule has 1 saturated heterocycles. The molecule has 32 heavy (non-hydrogen) atoms. The highest BCUT2D eigenvalue weighted by Crippen LogP contribution is 2.10. The Morgan fingerprint density at radius 3 is 2.62 bits per heavy atom. The summed E-state index contributed by atoms with van der Waals surface area (Å²) in [4.78, 5) is 44.0. The predicted octanol–water partition coefficient (Wildman–Crippen LogP) is -0.474. The van der Waals surface area contributed by atoms with Gasteiger partial charge in [-0.3, -0.25) is 19.1 Å². The van der Waals surface area contributed by atoms with E-state index in [1.54, 1.807) is 37.3 Å². The Hall–Kier alpha value is -3.64. The van der Waals surface area contributed by atoms with E-state index in [1.165, 1.54) is 0 Å². The number of para-hydroxylation sites is 1. The summed E-state index contributed by atoms with van der Waals surface area (Å²) >= 11 is 0. The van der Waals surface area contributed by atoms with Gasteiger partial charge in [0.2, 0.25) is 5.82 Å². The van der Waals surface area contributed by atoms with Crippen LogP contribution in [0, 0.1) is 0 Å². The first-order chi connectivity index (χ1) is 15.6. The van der Waals surface area contributed by atoms with Crippen molar-refractivity contribution in [3.8, 4) is 17.2 Å². The standard InChI is InChI=1S/C20H23N7O5/c1-2-26-19(29)15(23-27(20(26)30)14-6-4-3-5-7-14)16-22-18(32-24-16)17(28)21-8-9-25-10-12-31-13-11-25/h3-7H,2,8-13H2,1H3,(H,21,28). The van der Waals surface area contributed by atoms with E-state index in [4.69, 9.17) is 9.26 Å². The molecule has 0 atom stereocenters. The summed E-state index contributed by atoms with van der Waals surface area (Å²) in [6, 6.07) is 8.67. The fraction of sp³-hybridized carbons (Fsp3) is 0.400. The van der Waals surface area contributed by atoms with Crippen LogP contribution in [0.1, 0.15) is 17.6 Å². The molecule has 0 unspecified atom stereocenters. The molecule has 1 aliphatic rings. The van der Waals surface area contributed by atoms with Gasteiger partial charge < -0.3 is 14.6 Å². The number of aromatic nitrogens is 5. The second-order valence-corrected chi connectivity index (χ2v) is 7.06. The Balaban J connectivity index is 1.56. The van der Waals surface area contributed by atoms with Gasteiger partial charge in [0.05, 0.1) is 18.9 Å². The van der Waals surface area contributed by atoms with Gasteiger partial charge in [-0.2, -0.15) is 14.8 Å². The van der Waals surface area contributed by atoms with E-state index >= 15 is 0 Å². The Morgan fingerprint density at radius 2 is 1.91 bits per heavy atom. The van der Waals surface area contributed by atoms with Crippen molar-refractivity contribution in [2.75, 3.05) is 39.4 Å². The minimum absolute atomic E-state index is 0.132. The van der Waals surface area contributed by atoms with Crippen LogP contribution in [0.4, 0.5) is 0 Å². The van der Waals surface area contributed by atoms with Gasteiger partial charge in [-0.05, 0) is 19.1 Å². The minimum Gasteiger partial charge on any atom is -0.379 e. The number of morpholine rings is 1. The number of hydrogen-bond donors (Lipinski definition) is 1. The molecule has 1 aromatic carbocycles. The van der Waals surface area contributed by atoms with Crippen LogP contribution in [0.3, 0.4) is 0 Å². The number of amides is 1. The Bertz CT molecular complexity index is 1200. The van der Waals surface area contributed by atoms with Crippen molar-refractivity contribution in [2.45, 2.75) is 13.5 Å². The molecule has 1 fully saturated rings. The molecule has 0 aliphatic carbocycles. The molecule has 12 nitrogen and oxygen atoms in total. The van der Waals surface area contributed by atoms with Gasteiger partial charge >= 0.3 is 17.5 Å². The maximum absolute atomic E-state index is 12.8. The van der Waals surface area contributed by atoms with Crippen LogP contribution < -0.4 is 16.6 Å². The third-order valence-corrected chi connectivity index (χ3v) is 5.03. The molecule has 0 bridgehead atoms. The van der Waals surface area contributed by atoms with Crippen LogP contribution in [0.2, 0.25) is 0 Å². The lowest BCUT2D eigenvalue weighted by atomic mass is 10.3. The smallest absolute Gasteiger partial charge is 0.352 e. The Kier molecular flexibility index (Phi) is 6.52. The van der Waals surface area contributed by atoms with Crippen LogP contribution in [0.25, 0.3) is 17.2 Å². The first-order valence-electron chi connectivity index (χ1n) is 10.3. The molecule has 0 radical (unpaired) electrons. The van der Waals surface area contributed by atoms with Gasteiger partial charge in [0.1, 0.15) is 0 Å². The average Bonchev–Trinajstić information content (AvgIpc) is 3.31. The zero-order chi connectivity index (χ0) is 22.5. The van der Waals surface area contributed by atoms with E-state index in [1.807, 2.05) is 0 Å². The fourth-order valence-corrected chi connectivity index (χ4v) is 3.31. The highest BCUT2D eigenvalue weighted by Gasteiger charge is 2.22. The molecule has 168 valence electrons. The van der Waals surface area contributed by atoms with Gasteiger partial charge in [-0.25, -0.2) is 4.79 Å². The molecule has 0 saturated carbocycles. The second kappa shape index (κ2) is 9.66. The van der Waals surface area contributed by atoms with Crippen molar-refractivity contribution in [1.82, 2.24) is 34.7 Å². The molecular formula is C20H23N7O5. The quantitative estimate of drug-likeness (QED) is 0.515. The van der Waals surface area contributed by atoms with Crippen molar-refractivity contribution >= 4 is 5.91 Å². The van der Waals surface area contributed by atoms with E-state index in [0.717, 1.165) is 22.3 Å². The lowest BCUT2D eigenvalue weighted by Crippen LogP contribution is -2.41. The van der Waals surface area contributed by atoms with Crippen molar-refractivity contribution in [1.29, 1.82) is 0 Å². The van der Waals surface area contributed by atoms with E-state index in [9.17, 15) is 14.4 Å². The zero-order valence-electron chi connectivity index (χ0n) is 17.6. The highest BCUT2D eigenvalue weighted by atomic mass is 16.5. The maximum Gasteiger partial charge on any atom is 0.352 e. The average molecular weight is 441 g/mol. The third-order valence-electron chi connectivity index (χ3n) is 5.03. The summed E-state index contributed by atoms with van der Waals surface area (Å²) in [7, 11) is 0. The molecule has 3 aromatic rings. The van der Waals surface area contributed by atoms with Crippen LogP contribution in [0.15, 0.2) is 44.4 Å². The summed E-state index contributed by atoms with van der Waals surface area (Å²) in [6.07, 6.45) is 0. The number of ether oxygens (including phenoxy) is 1. The molecule has 1 aliphatic heterocycles. The van der Waals surface area contributed by atoms with E-state index in [2.05, 4.69) is 25.5 Å². The largest absolute Gasteiger partial charge is 0.379 e. The topological polar surface area (TPSA) is 137 Å². The first kappa shape index (κ1) is 21.6. The summed E-state index contributed by atoms with van der Waals surface area (Å²) in [5.74, 6) is -1.01. The van der Waals surface area contributed by atoms with Gasteiger partial charge in [-0.15, -0.1) is 0 Å². The summed E-state index contributed by atoms with van der Waals surface area (Å²) < 4.78 is 12.5. The van der Waals surface area contributed by atoms with Gasteiger partial charge in [0.15, 0.2) is 5.69 Å². The van der Waals surface area contributed by atoms with E-state index in [0.29, 0.717) is 32.0 Å². The number of benzene rings is 1. The summed E-state index contributed by atoms with van der Waals surface area (Å²) in [6.45, 7) is 5.85. The lowest BCUT2D eigenvalue weighted by Gasteiger charge is -2.26. The number of nitrogens with one attached hydrogen (secondary N) is 1. The maximum atomic E-state index is 12.8. The van der Waals surface area contributed by atoms with Crippen molar-refractivity contribution in [3.05, 3.63) is 57.1 Å². The molecule has 1 amide bonds. The monoisotopic (exact) mass is 441 g/mol. The van der Waals surface area contributed by atoms with Crippen LogP contribution in [0.5, 0.6) is 0 Å². The zero-order valence-corrected chi connectivity index (χ0v) is 17.6. The fourth-order valence-electron chi connectivity index (χ4n) is 3.31. The Morgan fingerprint density at radius 1 is 1.16 bits per heavy atom. The van der Waals surface area contributed by atoms with Crippen molar-refractivity contribution in [2.24, 2.45) is 0 Å². The number of carbonyl (C=O) groups excluding carboxylic acids is 1. The van der Waals surface area contributed by atoms with Crippen LogP contribution >= 0.6 is 0 Å². The summed E-state index contributed by atoms with van der Waals surface area (Å²) in [5.41, 5.74) is -0.960. The van der Waals surface area contributed by atoms with Crippen LogP contribution in [-0.2, 0) is 11.3 Å². The molecule has 1 N–H and O–H groups in total. The van der Waals surface area contributed by atoms with Crippen molar-refractivity contribution < 1.29 is 14.1 Å². The third kappa shape index (κ3) is 4.50. The number of nitrogens with zero attached hydrogens (tertiary/aromatic N) is 6. The molecule has 4 rings (SSSR count). The van der Waals surface area contributed by atoms with E-state index < -0.39 is 17.2 Å². The van der Waals surface area contributed by atoms with Gasteiger partial charge in [0.25, 0.3) is 5.56 Å². The van der Waals surface area contributed by atoms with Crippen LogP contribution in [-0.4, -0.2) is 74.7 Å². The molecular weight excluding hydrogens is 418 g/mol. The minimum atomic E-state index is -0.662. The van der Waals surface area contributed by atoms with Crippen molar-refractivity contribution in [3.63, 3.8) is 0 Å². The van der Waals surface area contributed by atoms with E-state index in [-0.39, 0.29) is 24.0 Å². The molecule has 2 aromatic heterocycles. The highest BCUT2D eigenvalue weighted by molar-refractivity contribution is 5.89. The second-order valence-electron chi connectivity index (χ2n) is 7.06. The summed E-state index contributed by atoms with van der Waals surface area (Å²) in [5, 5.41) is 10.6. The Labute approximate surface area is 182 Å². The van der Waals surface area contributed by atoms with Gasteiger partial charge in [0, 0.05) is 32.7 Å². The lowest BCUT2D eigenvalue weighted by molar-refractivity contribution is 0.0382. The molecule has 12 heteroatoms. The number of hydrogen-bond acceptors (Lipinski definition) is 9. The molecule has 3 heterocycles. The first-order valence-corrected chi connectivity index (χ1v) is 10.3. The molecule has 0 spiro atoms. The normalized spacial score (nSPS) is 14.4. The predicted molar refractivity (Wildman–Crippen MR) is 113 cm³/mol. The SMILES string of the molecule is CCn1c(=O)c(-c2noc(C(=O)NCCN3CCOCC3)n2)nn(-c2ccccc2)c1=O.